The zero-order chi connectivity index (χ0) is 22.0. The first-order chi connectivity index (χ1) is 15.6. The molecule has 3 aromatic carbocycles. The first-order valence-electron chi connectivity index (χ1n) is 11.7. The minimum Gasteiger partial charge on any atom is -0.342 e. The Labute approximate surface area is 190 Å². The number of rotatable bonds is 4. The number of hydrogen-bond acceptors (Lipinski definition) is 1. The number of carbonyl (C=O) groups is 1. The summed E-state index contributed by atoms with van der Waals surface area (Å²) >= 11 is 0. The molecule has 7 rings (SSSR count). The van der Waals surface area contributed by atoms with Crippen LogP contribution in [0.2, 0.25) is 0 Å². The molecule has 1 saturated heterocycles. The first kappa shape index (κ1) is 19.5. The van der Waals surface area contributed by atoms with Gasteiger partial charge in [-0.05, 0) is 40.2 Å². The van der Waals surface area contributed by atoms with Crippen LogP contribution in [-0.2, 0) is 10.2 Å². The number of amides is 1. The van der Waals surface area contributed by atoms with Crippen LogP contribution in [0, 0.1) is 11.8 Å². The normalized spacial score (nSPS) is 30.4. The molecule has 4 atom stereocenters. The Morgan fingerprint density at radius 3 is 2.09 bits per heavy atom. The molecule has 2 heteroatoms. The van der Waals surface area contributed by atoms with Crippen molar-refractivity contribution in [2.45, 2.75) is 36.6 Å². The van der Waals surface area contributed by atoms with Crippen molar-refractivity contribution in [3.63, 3.8) is 0 Å². The molecule has 32 heavy (non-hydrogen) atoms. The predicted octanol–water partition coefficient (Wildman–Crippen LogP) is 5.88. The Morgan fingerprint density at radius 1 is 0.938 bits per heavy atom. The standard InChI is InChI=1S/C30H29NO/c1-4-12-25-27-26-21-15-8-10-17-23(21)30(28(27)29(32)31(25)3,24-18-11-9-16-22(24)26)19(2)20-13-6-5-7-14-20/h4-11,13-19,25-28H,1,12H2,2-3H3/t19-,25+,26?,27-,28+,30?/m1/s1. The Hall–Kier alpha value is -3.13. The quantitative estimate of drug-likeness (QED) is 0.483. The molecule has 0 aromatic heterocycles. The van der Waals surface area contributed by atoms with Crippen molar-refractivity contribution in [2.75, 3.05) is 7.05 Å². The van der Waals surface area contributed by atoms with E-state index in [9.17, 15) is 4.79 Å². The summed E-state index contributed by atoms with van der Waals surface area (Å²) in [5.74, 6) is 0.887. The lowest BCUT2D eigenvalue weighted by Crippen LogP contribution is -2.56. The third kappa shape index (κ3) is 2.23. The highest BCUT2D eigenvalue weighted by atomic mass is 16.2. The van der Waals surface area contributed by atoms with Crippen LogP contribution in [0.3, 0.4) is 0 Å². The largest absolute Gasteiger partial charge is 0.342 e. The van der Waals surface area contributed by atoms with Crippen molar-refractivity contribution in [3.05, 3.63) is 119 Å². The average Bonchev–Trinajstić information content (AvgIpc) is 3.10. The third-order valence-corrected chi connectivity index (χ3v) is 8.69. The maximum absolute atomic E-state index is 14.1. The van der Waals surface area contributed by atoms with E-state index in [-0.39, 0.29) is 35.1 Å². The first-order valence-corrected chi connectivity index (χ1v) is 11.7. The number of carbonyl (C=O) groups excluding carboxylic acids is 1. The van der Waals surface area contributed by atoms with E-state index in [1.165, 1.54) is 27.8 Å². The summed E-state index contributed by atoms with van der Waals surface area (Å²) in [6.45, 7) is 6.37. The number of nitrogens with zero attached hydrogens (tertiary/aromatic N) is 1. The van der Waals surface area contributed by atoms with Crippen molar-refractivity contribution < 1.29 is 4.79 Å². The van der Waals surface area contributed by atoms with Gasteiger partial charge in [-0.2, -0.15) is 0 Å². The summed E-state index contributed by atoms with van der Waals surface area (Å²) in [4.78, 5) is 16.1. The minimum absolute atomic E-state index is 0.0672. The summed E-state index contributed by atoms with van der Waals surface area (Å²) in [7, 11) is 2.00. The summed E-state index contributed by atoms with van der Waals surface area (Å²) in [5.41, 5.74) is 6.43. The minimum atomic E-state index is -0.380. The maximum Gasteiger partial charge on any atom is 0.227 e. The van der Waals surface area contributed by atoms with Gasteiger partial charge in [0.15, 0.2) is 0 Å². The summed E-state index contributed by atoms with van der Waals surface area (Å²) in [6.07, 6.45) is 2.82. The van der Waals surface area contributed by atoms with Crippen molar-refractivity contribution in [3.8, 4) is 0 Å². The SMILES string of the molecule is C=CC[C@H]1[C@@H]2C3c4ccccc4C([C@H](C)c4ccccc4)(c4ccccc43)[C@@H]2C(=O)N1C. The van der Waals surface area contributed by atoms with Gasteiger partial charge in [0.05, 0.1) is 5.92 Å². The molecule has 0 saturated carbocycles. The van der Waals surface area contributed by atoms with Gasteiger partial charge >= 0.3 is 0 Å². The summed E-state index contributed by atoms with van der Waals surface area (Å²) < 4.78 is 0. The van der Waals surface area contributed by atoms with E-state index in [1.807, 2.05) is 18.0 Å². The van der Waals surface area contributed by atoms with E-state index >= 15 is 0 Å². The van der Waals surface area contributed by atoms with Gasteiger partial charge in [-0.3, -0.25) is 4.79 Å². The monoisotopic (exact) mass is 419 g/mol. The fourth-order valence-corrected chi connectivity index (χ4v) is 7.52. The highest BCUT2D eigenvalue weighted by Crippen LogP contribution is 2.68. The van der Waals surface area contributed by atoms with Crippen LogP contribution in [0.1, 0.15) is 53.0 Å². The zero-order valence-electron chi connectivity index (χ0n) is 18.7. The molecule has 1 aliphatic heterocycles. The lowest BCUT2D eigenvalue weighted by molar-refractivity contribution is -0.133. The van der Waals surface area contributed by atoms with Gasteiger partial charge in [-0.25, -0.2) is 0 Å². The second kappa shape index (κ2) is 6.93. The van der Waals surface area contributed by atoms with Crippen molar-refractivity contribution in [1.29, 1.82) is 0 Å². The molecule has 1 heterocycles. The third-order valence-electron chi connectivity index (χ3n) is 8.69. The van der Waals surface area contributed by atoms with Crippen LogP contribution in [0.15, 0.2) is 91.5 Å². The second-order valence-corrected chi connectivity index (χ2v) is 9.75. The highest BCUT2D eigenvalue weighted by molar-refractivity contribution is 5.88. The Morgan fingerprint density at radius 2 is 1.50 bits per heavy atom. The fraction of sp³-hybridized carbons (Fsp3) is 0.300. The van der Waals surface area contributed by atoms with Crippen molar-refractivity contribution in [2.24, 2.45) is 11.8 Å². The van der Waals surface area contributed by atoms with Crippen molar-refractivity contribution in [1.82, 2.24) is 4.90 Å². The lowest BCUT2D eigenvalue weighted by atomic mass is 9.43. The zero-order valence-corrected chi connectivity index (χ0v) is 18.7. The van der Waals surface area contributed by atoms with Gasteiger partial charge in [-0.15, -0.1) is 6.58 Å². The molecule has 2 nitrogen and oxygen atoms in total. The van der Waals surface area contributed by atoms with Crippen LogP contribution in [-0.4, -0.2) is 23.9 Å². The molecule has 0 spiro atoms. The van der Waals surface area contributed by atoms with Gasteiger partial charge in [0.25, 0.3) is 0 Å². The molecule has 3 aliphatic carbocycles. The molecule has 4 aliphatic rings. The van der Waals surface area contributed by atoms with Crippen LogP contribution < -0.4 is 0 Å². The van der Waals surface area contributed by atoms with E-state index in [1.54, 1.807) is 0 Å². The van der Waals surface area contributed by atoms with E-state index in [2.05, 4.69) is 92.4 Å². The molecule has 0 N–H and O–H groups in total. The number of likely N-dealkylation sites (tertiary alicyclic amines) is 1. The Kier molecular flexibility index (Phi) is 4.24. The second-order valence-electron chi connectivity index (χ2n) is 9.75. The molecule has 0 unspecified atom stereocenters. The lowest BCUT2D eigenvalue weighted by Gasteiger charge is -2.58. The molecule has 3 aromatic rings. The van der Waals surface area contributed by atoms with Gasteiger partial charge in [-0.1, -0.05) is 91.9 Å². The van der Waals surface area contributed by atoms with Gasteiger partial charge < -0.3 is 4.90 Å². The smallest absolute Gasteiger partial charge is 0.227 e. The number of benzene rings is 3. The highest BCUT2D eigenvalue weighted by Gasteiger charge is 2.68. The van der Waals surface area contributed by atoms with Gasteiger partial charge in [0.2, 0.25) is 5.91 Å². The molecule has 1 fully saturated rings. The van der Waals surface area contributed by atoms with E-state index < -0.39 is 0 Å². The van der Waals surface area contributed by atoms with Crippen LogP contribution in [0.4, 0.5) is 0 Å². The summed E-state index contributed by atoms with van der Waals surface area (Å²) in [5, 5.41) is 0. The van der Waals surface area contributed by atoms with Gasteiger partial charge in [0.1, 0.15) is 0 Å². The van der Waals surface area contributed by atoms with Crippen LogP contribution in [0.25, 0.3) is 0 Å². The molecule has 1 amide bonds. The molecular formula is C30H29NO. The van der Waals surface area contributed by atoms with E-state index in [0.717, 1.165) is 6.42 Å². The topological polar surface area (TPSA) is 20.3 Å². The van der Waals surface area contributed by atoms with Crippen LogP contribution in [0.5, 0.6) is 0 Å². The van der Waals surface area contributed by atoms with Crippen molar-refractivity contribution >= 4 is 5.91 Å². The Balaban J connectivity index is 1.73. The molecule has 0 radical (unpaired) electrons. The van der Waals surface area contributed by atoms with Gasteiger partial charge in [0, 0.05) is 30.3 Å². The summed E-state index contributed by atoms with van der Waals surface area (Å²) in [6, 6.07) is 28.8. The van der Waals surface area contributed by atoms with Crippen LogP contribution >= 0.6 is 0 Å². The predicted molar refractivity (Wildman–Crippen MR) is 129 cm³/mol. The van der Waals surface area contributed by atoms with E-state index in [0.29, 0.717) is 5.91 Å². The Bertz CT molecular complexity index is 1160. The fourth-order valence-electron chi connectivity index (χ4n) is 7.52. The molecule has 160 valence electrons. The average molecular weight is 420 g/mol. The number of hydrogen-bond donors (Lipinski definition) is 0. The maximum atomic E-state index is 14.1. The molecule has 2 bridgehead atoms. The molecular weight excluding hydrogens is 390 g/mol. The van der Waals surface area contributed by atoms with E-state index in [4.69, 9.17) is 0 Å².